The number of carbonyl (C=O) groups excluding carboxylic acids is 2. The second kappa shape index (κ2) is 9.83. The molecule has 8 nitrogen and oxygen atoms in total. The number of alkyl halides is 3. The first-order valence-electron chi connectivity index (χ1n) is 13.2. The van der Waals surface area contributed by atoms with Crippen molar-refractivity contribution in [3.8, 4) is 17.2 Å². The van der Waals surface area contributed by atoms with E-state index in [0.717, 1.165) is 16.9 Å². The summed E-state index contributed by atoms with van der Waals surface area (Å²) < 4.78 is 61.1. The summed E-state index contributed by atoms with van der Waals surface area (Å²) in [5, 5.41) is 0. The summed E-state index contributed by atoms with van der Waals surface area (Å²) in [7, 11) is 0. The Kier molecular flexibility index (Phi) is 6.39. The molecule has 41 heavy (non-hydrogen) atoms. The molecular formula is C30H26F3N3O5. The van der Waals surface area contributed by atoms with Crippen molar-refractivity contribution in [1.29, 1.82) is 0 Å². The quantitative estimate of drug-likeness (QED) is 0.276. The third kappa shape index (κ3) is 4.45. The van der Waals surface area contributed by atoms with Gasteiger partial charge in [-0.1, -0.05) is 31.2 Å². The van der Waals surface area contributed by atoms with Crippen molar-refractivity contribution >= 4 is 28.6 Å². The van der Waals surface area contributed by atoms with Gasteiger partial charge in [0.2, 0.25) is 0 Å². The monoisotopic (exact) mass is 565 g/mol. The Bertz CT molecular complexity index is 1680. The molecule has 11 heteroatoms. The molecule has 3 heterocycles. The number of nitrogens with zero attached hydrogens (tertiary/aromatic N) is 3. The molecule has 0 bridgehead atoms. The molecule has 2 aliphatic rings. The topological polar surface area (TPSA) is 82.9 Å². The standard InChI is InChI=1S/C30H26F3N3O5/c1-4-26-34-21-9-5-6-10-22(21)36(26)23-11-7-8-19-24(15-39-28(19)23)35(29(38)30(31,32)33)18-12-13-20-25(14-18)40-16(2)27(20)41-17(3)37/h5-14,16,24,27H,4,15H2,1-3H3/t16?,24-,27-/m1/s1. The van der Waals surface area contributed by atoms with E-state index in [1.807, 2.05) is 41.8 Å². The highest BCUT2D eigenvalue weighted by molar-refractivity contribution is 5.98. The van der Waals surface area contributed by atoms with Crippen LogP contribution in [0.4, 0.5) is 18.9 Å². The molecule has 2 aliphatic heterocycles. The van der Waals surface area contributed by atoms with E-state index >= 15 is 0 Å². The Labute approximate surface area is 233 Å². The van der Waals surface area contributed by atoms with Gasteiger partial charge in [0.15, 0.2) is 6.10 Å². The SMILES string of the molecule is CCc1nc2ccccc2n1-c1cccc2c1OC[C@H]2N(C(=O)C(F)(F)F)c1ccc2c(c1)OC(C)[C@H]2OC(C)=O. The number of aryl methyl sites for hydroxylation is 1. The van der Waals surface area contributed by atoms with Gasteiger partial charge in [-0.25, -0.2) is 4.98 Å². The van der Waals surface area contributed by atoms with E-state index in [4.69, 9.17) is 19.2 Å². The van der Waals surface area contributed by atoms with Gasteiger partial charge >= 0.3 is 18.1 Å². The summed E-state index contributed by atoms with van der Waals surface area (Å²) in [5.74, 6) is -1.15. The molecule has 1 unspecified atom stereocenters. The van der Waals surface area contributed by atoms with Crippen LogP contribution in [-0.4, -0.2) is 40.3 Å². The normalized spacial score (nSPS) is 19.3. The fraction of sp³-hybridized carbons (Fsp3) is 0.300. The fourth-order valence-electron chi connectivity index (χ4n) is 5.62. The van der Waals surface area contributed by atoms with Crippen molar-refractivity contribution in [3.63, 3.8) is 0 Å². The van der Waals surface area contributed by atoms with Gasteiger partial charge in [-0.3, -0.25) is 19.1 Å². The van der Waals surface area contributed by atoms with Crippen LogP contribution in [0.1, 0.15) is 49.9 Å². The highest BCUT2D eigenvalue weighted by atomic mass is 19.4. The zero-order valence-electron chi connectivity index (χ0n) is 22.4. The van der Waals surface area contributed by atoms with Crippen molar-refractivity contribution in [1.82, 2.24) is 9.55 Å². The molecule has 0 radical (unpaired) electrons. The van der Waals surface area contributed by atoms with Crippen LogP contribution in [0.5, 0.6) is 11.5 Å². The zero-order valence-corrected chi connectivity index (χ0v) is 22.4. The van der Waals surface area contributed by atoms with Crippen molar-refractivity contribution in [2.75, 3.05) is 11.5 Å². The molecule has 4 aromatic rings. The van der Waals surface area contributed by atoms with Crippen LogP contribution in [-0.2, 0) is 20.7 Å². The van der Waals surface area contributed by atoms with Crippen molar-refractivity contribution in [3.05, 3.63) is 77.6 Å². The molecule has 3 aromatic carbocycles. The third-order valence-corrected chi connectivity index (χ3v) is 7.34. The molecule has 1 aromatic heterocycles. The van der Waals surface area contributed by atoms with Crippen molar-refractivity contribution in [2.45, 2.75) is 51.6 Å². The number of rotatable bonds is 5. The van der Waals surface area contributed by atoms with E-state index in [9.17, 15) is 22.8 Å². The number of hydrogen-bond donors (Lipinski definition) is 0. The number of aromatic nitrogens is 2. The molecule has 0 fully saturated rings. The maximum atomic E-state index is 14.0. The van der Waals surface area contributed by atoms with Crippen molar-refractivity contribution < 1.29 is 37.0 Å². The number of ether oxygens (including phenoxy) is 3. The summed E-state index contributed by atoms with van der Waals surface area (Å²) in [6.45, 7) is 4.74. The Morgan fingerprint density at radius 2 is 1.88 bits per heavy atom. The van der Waals surface area contributed by atoms with Gasteiger partial charge in [0.05, 0.1) is 22.8 Å². The molecule has 0 saturated carbocycles. The number of benzene rings is 3. The third-order valence-electron chi connectivity index (χ3n) is 7.34. The van der Waals surface area contributed by atoms with Crippen LogP contribution in [0.15, 0.2) is 60.7 Å². The largest absolute Gasteiger partial charge is 0.488 e. The Morgan fingerprint density at radius 1 is 1.10 bits per heavy atom. The van der Waals surface area contributed by atoms with Crippen LogP contribution in [0.2, 0.25) is 0 Å². The van der Waals surface area contributed by atoms with E-state index in [1.165, 1.54) is 25.1 Å². The first kappa shape index (κ1) is 26.7. The van der Waals surface area contributed by atoms with Gasteiger partial charge in [-0.2, -0.15) is 13.2 Å². The average Bonchev–Trinajstić information content (AvgIpc) is 3.61. The summed E-state index contributed by atoms with van der Waals surface area (Å²) in [6.07, 6.45) is -5.79. The molecule has 1 amide bonds. The number of amides is 1. The van der Waals surface area contributed by atoms with Gasteiger partial charge < -0.3 is 14.2 Å². The number of anilines is 1. The number of carbonyl (C=O) groups is 2. The van der Waals surface area contributed by atoms with Crippen LogP contribution < -0.4 is 14.4 Å². The first-order chi connectivity index (χ1) is 19.6. The number of halogens is 3. The summed E-state index contributed by atoms with van der Waals surface area (Å²) in [5.41, 5.74) is 3.18. The molecule has 0 aliphatic carbocycles. The Morgan fingerprint density at radius 3 is 2.61 bits per heavy atom. The summed E-state index contributed by atoms with van der Waals surface area (Å²) in [4.78, 5) is 29.9. The molecule has 212 valence electrons. The van der Waals surface area contributed by atoms with Crippen molar-refractivity contribution in [2.24, 2.45) is 0 Å². The fourth-order valence-corrected chi connectivity index (χ4v) is 5.62. The first-order valence-corrected chi connectivity index (χ1v) is 13.2. The number of imidazole rings is 1. The second-order valence-corrected chi connectivity index (χ2v) is 9.98. The van der Waals surface area contributed by atoms with Crippen LogP contribution in [0, 0.1) is 0 Å². The highest BCUT2D eigenvalue weighted by Gasteiger charge is 2.48. The van der Waals surface area contributed by atoms with E-state index in [2.05, 4.69) is 0 Å². The van der Waals surface area contributed by atoms with Crippen LogP contribution in [0.25, 0.3) is 16.7 Å². The lowest BCUT2D eigenvalue weighted by Gasteiger charge is -2.29. The zero-order chi connectivity index (χ0) is 29.1. The summed E-state index contributed by atoms with van der Waals surface area (Å²) in [6, 6.07) is 16.0. The summed E-state index contributed by atoms with van der Waals surface area (Å²) >= 11 is 0. The van der Waals surface area contributed by atoms with Gasteiger partial charge in [-0.05, 0) is 37.3 Å². The van der Waals surface area contributed by atoms with E-state index in [-0.39, 0.29) is 18.0 Å². The van der Waals surface area contributed by atoms with Gasteiger partial charge in [0, 0.05) is 36.2 Å². The van der Waals surface area contributed by atoms with Gasteiger partial charge in [-0.15, -0.1) is 0 Å². The minimum atomic E-state index is -5.15. The number of hydrogen-bond acceptors (Lipinski definition) is 6. The van der Waals surface area contributed by atoms with Crippen LogP contribution in [0.3, 0.4) is 0 Å². The molecule has 3 atom stereocenters. The Hall–Kier alpha value is -4.54. The van der Waals surface area contributed by atoms with E-state index in [0.29, 0.717) is 33.9 Å². The van der Waals surface area contributed by atoms with Gasteiger partial charge in [0.1, 0.15) is 30.0 Å². The molecule has 0 saturated heterocycles. The molecule has 0 spiro atoms. The number of para-hydroxylation sites is 3. The van der Waals surface area contributed by atoms with E-state index in [1.54, 1.807) is 19.1 Å². The highest BCUT2D eigenvalue weighted by Crippen LogP contribution is 2.47. The molecule has 0 N–H and O–H groups in total. The predicted octanol–water partition coefficient (Wildman–Crippen LogP) is 6.00. The second-order valence-electron chi connectivity index (χ2n) is 9.98. The predicted molar refractivity (Wildman–Crippen MR) is 143 cm³/mol. The van der Waals surface area contributed by atoms with Gasteiger partial charge in [0.25, 0.3) is 0 Å². The average molecular weight is 566 g/mol. The maximum absolute atomic E-state index is 14.0. The number of fused-ring (bicyclic) bond motifs is 3. The molecule has 6 rings (SSSR count). The number of esters is 1. The lowest BCUT2D eigenvalue weighted by Crippen LogP contribution is -2.44. The maximum Gasteiger partial charge on any atom is 0.471 e. The smallest absolute Gasteiger partial charge is 0.471 e. The molecular weight excluding hydrogens is 539 g/mol. The lowest BCUT2D eigenvalue weighted by atomic mass is 10.0. The minimum Gasteiger partial charge on any atom is -0.488 e. The minimum absolute atomic E-state index is 0.0177. The van der Waals surface area contributed by atoms with Crippen LogP contribution >= 0.6 is 0 Å². The van der Waals surface area contributed by atoms with E-state index < -0.39 is 36.3 Å². The lowest BCUT2D eigenvalue weighted by molar-refractivity contribution is -0.171. The Balaban J connectivity index is 1.45.